The molecule has 0 aliphatic carbocycles. The molecule has 2 N–H and O–H groups in total. The van der Waals surface area contributed by atoms with Crippen molar-refractivity contribution in [1.29, 1.82) is 0 Å². The van der Waals surface area contributed by atoms with Gasteiger partial charge in [0, 0.05) is 18.7 Å². The van der Waals surface area contributed by atoms with E-state index in [-0.39, 0.29) is 17.6 Å². The fourth-order valence-electron chi connectivity index (χ4n) is 1.82. The van der Waals surface area contributed by atoms with Crippen molar-refractivity contribution in [2.45, 2.75) is 32.6 Å². The fraction of sp³-hybridized carbons (Fsp3) is 0.467. The number of thiol groups is 1. The molecule has 20 heavy (non-hydrogen) atoms. The van der Waals surface area contributed by atoms with E-state index in [1.165, 1.54) is 0 Å². The van der Waals surface area contributed by atoms with Gasteiger partial charge in [0.15, 0.2) is 0 Å². The van der Waals surface area contributed by atoms with Crippen LogP contribution in [0, 0.1) is 6.92 Å². The van der Waals surface area contributed by atoms with Crippen LogP contribution in [-0.4, -0.2) is 24.1 Å². The van der Waals surface area contributed by atoms with E-state index in [1.807, 2.05) is 31.2 Å². The molecule has 1 aromatic rings. The lowest BCUT2D eigenvalue weighted by molar-refractivity contribution is -0.118. The minimum atomic E-state index is -0.0504. The normalized spacial score (nSPS) is 10.1. The maximum Gasteiger partial charge on any atom is 0.229 e. The summed E-state index contributed by atoms with van der Waals surface area (Å²) >= 11 is 3.88. The first-order valence-corrected chi connectivity index (χ1v) is 7.49. The van der Waals surface area contributed by atoms with Crippen LogP contribution in [0.3, 0.4) is 0 Å². The van der Waals surface area contributed by atoms with Gasteiger partial charge in [-0.1, -0.05) is 18.6 Å². The molecule has 1 rings (SSSR count). The van der Waals surface area contributed by atoms with Crippen LogP contribution >= 0.6 is 12.6 Å². The number of carbonyl (C=O) groups excluding carboxylic acids is 2. The minimum absolute atomic E-state index is 0.0370. The first-order chi connectivity index (χ1) is 9.61. The van der Waals surface area contributed by atoms with Gasteiger partial charge in [0.25, 0.3) is 0 Å². The van der Waals surface area contributed by atoms with Gasteiger partial charge >= 0.3 is 0 Å². The zero-order valence-electron chi connectivity index (χ0n) is 11.8. The number of aryl methyl sites for hydroxylation is 1. The smallest absolute Gasteiger partial charge is 0.229 e. The highest BCUT2D eigenvalue weighted by Gasteiger charge is 2.02. The van der Waals surface area contributed by atoms with Crippen molar-refractivity contribution in [3.05, 3.63) is 29.8 Å². The Labute approximate surface area is 125 Å². The van der Waals surface area contributed by atoms with Crippen LogP contribution in [0.25, 0.3) is 0 Å². The molecule has 0 heterocycles. The largest absolute Gasteiger partial charge is 0.355 e. The predicted molar refractivity (Wildman–Crippen MR) is 85.1 cm³/mol. The predicted octanol–water partition coefficient (Wildman–Crippen LogP) is 2.54. The van der Waals surface area contributed by atoms with Gasteiger partial charge in [-0.15, -0.1) is 0 Å². The molecule has 1 aromatic carbocycles. The molecule has 0 atom stereocenters. The lowest BCUT2D eigenvalue weighted by Gasteiger charge is -2.06. The quantitative estimate of drug-likeness (QED) is 0.510. The van der Waals surface area contributed by atoms with Crippen LogP contribution in [-0.2, 0) is 9.59 Å². The van der Waals surface area contributed by atoms with E-state index in [1.54, 1.807) is 0 Å². The number of hydrogen-bond acceptors (Lipinski definition) is 3. The summed E-state index contributed by atoms with van der Waals surface area (Å²) in [6.07, 6.45) is 3.15. The Morgan fingerprint density at radius 1 is 1.15 bits per heavy atom. The molecule has 110 valence electrons. The summed E-state index contributed by atoms with van der Waals surface area (Å²) in [4.78, 5) is 22.7. The standard InChI is InChI=1S/C15H22N2O2S/c1-12-6-5-7-13(10-12)17-14(18)8-3-2-4-9-16-15(19)11-20/h5-7,10,20H,2-4,8-9,11H2,1H3,(H,16,19)(H,17,18). The van der Waals surface area contributed by atoms with Crippen LogP contribution in [0.15, 0.2) is 24.3 Å². The van der Waals surface area contributed by atoms with Gasteiger partial charge in [0.2, 0.25) is 11.8 Å². The molecule has 0 aliphatic rings. The molecule has 5 heteroatoms. The van der Waals surface area contributed by atoms with E-state index in [0.717, 1.165) is 30.5 Å². The van der Waals surface area contributed by atoms with Crippen LogP contribution < -0.4 is 10.6 Å². The second-order valence-electron chi connectivity index (χ2n) is 4.74. The van der Waals surface area contributed by atoms with Crippen molar-refractivity contribution in [1.82, 2.24) is 5.32 Å². The summed E-state index contributed by atoms with van der Waals surface area (Å²) < 4.78 is 0. The third-order valence-corrected chi connectivity index (χ3v) is 3.14. The molecule has 0 aliphatic heterocycles. The maximum absolute atomic E-state index is 11.7. The van der Waals surface area contributed by atoms with Crippen LogP contribution in [0.4, 0.5) is 5.69 Å². The molecular formula is C15H22N2O2S. The highest BCUT2D eigenvalue weighted by Crippen LogP contribution is 2.10. The number of rotatable bonds is 8. The van der Waals surface area contributed by atoms with Crippen LogP contribution in [0.5, 0.6) is 0 Å². The highest BCUT2D eigenvalue weighted by atomic mass is 32.1. The Bertz CT molecular complexity index is 449. The van der Waals surface area contributed by atoms with E-state index >= 15 is 0 Å². The molecule has 4 nitrogen and oxygen atoms in total. The fourth-order valence-corrected chi connectivity index (χ4v) is 1.93. The van der Waals surface area contributed by atoms with Gasteiger partial charge in [-0.3, -0.25) is 9.59 Å². The number of hydrogen-bond donors (Lipinski definition) is 3. The molecule has 0 bridgehead atoms. The minimum Gasteiger partial charge on any atom is -0.355 e. The summed E-state index contributed by atoms with van der Waals surface area (Å²) in [5.74, 6) is 0.208. The first kappa shape index (κ1) is 16.6. The Hall–Kier alpha value is -1.49. The van der Waals surface area contributed by atoms with Crippen molar-refractivity contribution >= 4 is 30.1 Å². The molecule has 0 saturated carbocycles. The lowest BCUT2D eigenvalue weighted by atomic mass is 10.1. The zero-order chi connectivity index (χ0) is 14.8. The molecular weight excluding hydrogens is 272 g/mol. The van der Waals surface area contributed by atoms with E-state index in [4.69, 9.17) is 0 Å². The van der Waals surface area contributed by atoms with Crippen molar-refractivity contribution in [2.75, 3.05) is 17.6 Å². The Morgan fingerprint density at radius 3 is 2.65 bits per heavy atom. The second kappa shape index (κ2) is 9.42. The summed E-state index contributed by atoms with van der Waals surface area (Å²) in [6.45, 7) is 2.65. The van der Waals surface area contributed by atoms with Gasteiger partial charge in [-0.25, -0.2) is 0 Å². The van der Waals surface area contributed by atoms with Gasteiger partial charge < -0.3 is 10.6 Å². The lowest BCUT2D eigenvalue weighted by Crippen LogP contribution is -2.25. The second-order valence-corrected chi connectivity index (χ2v) is 5.05. The average molecular weight is 294 g/mol. The van der Waals surface area contributed by atoms with E-state index in [0.29, 0.717) is 13.0 Å². The topological polar surface area (TPSA) is 58.2 Å². The van der Waals surface area contributed by atoms with E-state index in [9.17, 15) is 9.59 Å². The number of amides is 2. The molecule has 0 saturated heterocycles. The Kier molecular flexibility index (Phi) is 7.80. The molecule has 0 unspecified atom stereocenters. The SMILES string of the molecule is Cc1cccc(NC(=O)CCCCCNC(=O)CS)c1. The van der Waals surface area contributed by atoms with Crippen LogP contribution in [0.1, 0.15) is 31.2 Å². The van der Waals surface area contributed by atoms with Crippen LogP contribution in [0.2, 0.25) is 0 Å². The van der Waals surface area contributed by atoms with Gasteiger partial charge in [-0.2, -0.15) is 12.6 Å². The molecule has 0 aromatic heterocycles. The molecule has 0 radical (unpaired) electrons. The summed E-state index contributed by atoms with van der Waals surface area (Å²) in [5, 5.41) is 5.63. The number of carbonyl (C=O) groups is 2. The van der Waals surface area contributed by atoms with Crippen molar-refractivity contribution < 1.29 is 9.59 Å². The molecule has 2 amide bonds. The summed E-state index contributed by atoms with van der Waals surface area (Å²) in [7, 11) is 0. The third kappa shape index (κ3) is 7.19. The Morgan fingerprint density at radius 2 is 1.95 bits per heavy atom. The van der Waals surface area contributed by atoms with Crippen molar-refractivity contribution in [3.63, 3.8) is 0 Å². The molecule has 0 fully saturated rings. The maximum atomic E-state index is 11.7. The van der Waals surface area contributed by atoms with Gasteiger partial charge in [-0.05, 0) is 37.5 Å². The first-order valence-electron chi connectivity index (χ1n) is 6.86. The van der Waals surface area contributed by atoms with Crippen molar-refractivity contribution in [3.8, 4) is 0 Å². The number of nitrogens with one attached hydrogen (secondary N) is 2. The monoisotopic (exact) mass is 294 g/mol. The number of unbranched alkanes of at least 4 members (excludes halogenated alkanes) is 2. The summed E-state index contributed by atoms with van der Waals surface area (Å²) in [5.41, 5.74) is 1.97. The highest BCUT2D eigenvalue weighted by molar-refractivity contribution is 7.81. The summed E-state index contributed by atoms with van der Waals surface area (Å²) in [6, 6.07) is 7.76. The van der Waals surface area contributed by atoms with E-state index < -0.39 is 0 Å². The average Bonchev–Trinajstić information content (AvgIpc) is 2.42. The van der Waals surface area contributed by atoms with Crippen molar-refractivity contribution in [2.24, 2.45) is 0 Å². The third-order valence-electron chi connectivity index (χ3n) is 2.85. The molecule has 0 spiro atoms. The zero-order valence-corrected chi connectivity index (χ0v) is 12.7. The Balaban J connectivity index is 2.10. The van der Waals surface area contributed by atoms with Gasteiger partial charge in [0.05, 0.1) is 5.75 Å². The number of benzene rings is 1. The van der Waals surface area contributed by atoms with Gasteiger partial charge in [0.1, 0.15) is 0 Å². The number of anilines is 1. The van der Waals surface area contributed by atoms with E-state index in [2.05, 4.69) is 23.3 Å².